The van der Waals surface area contributed by atoms with Gasteiger partial charge in [-0.2, -0.15) is 0 Å². The Morgan fingerprint density at radius 1 is 1.50 bits per heavy atom. The van der Waals surface area contributed by atoms with Crippen LogP contribution >= 0.6 is 0 Å². The summed E-state index contributed by atoms with van der Waals surface area (Å²) in [5, 5.41) is 0. The first-order valence-corrected chi connectivity index (χ1v) is 6.91. The molecule has 3 nitrogen and oxygen atoms in total. The Hall–Kier alpha value is -0.800. The lowest BCUT2D eigenvalue weighted by Gasteiger charge is -2.40. The smallest absolute Gasteiger partial charge is 0.0947 e. The molecule has 0 saturated heterocycles. The minimum atomic E-state index is 0.366. The molecule has 1 fully saturated rings. The van der Waals surface area contributed by atoms with Gasteiger partial charge >= 0.3 is 0 Å². The topological polar surface area (TPSA) is 42.4 Å². The third-order valence-electron chi connectivity index (χ3n) is 4.15. The average molecular weight is 250 g/mol. The molecule has 1 aromatic rings. The summed E-state index contributed by atoms with van der Waals surface area (Å²) in [6.45, 7) is 6.75. The average Bonchev–Trinajstić information content (AvgIpc) is 2.76. The molecule has 18 heavy (non-hydrogen) atoms. The van der Waals surface area contributed by atoms with Gasteiger partial charge in [0.2, 0.25) is 0 Å². The summed E-state index contributed by atoms with van der Waals surface area (Å²) in [6.07, 6.45) is 7.22. The maximum absolute atomic E-state index is 6.28. The predicted molar refractivity (Wildman–Crippen MR) is 74.1 cm³/mol. The van der Waals surface area contributed by atoms with Gasteiger partial charge in [-0.25, -0.2) is 0 Å². The molecule has 1 saturated carbocycles. The van der Waals surface area contributed by atoms with E-state index in [1.54, 1.807) is 6.26 Å². The molecule has 0 amide bonds. The first-order valence-electron chi connectivity index (χ1n) is 6.91. The number of hydrogen-bond donors (Lipinski definition) is 1. The van der Waals surface area contributed by atoms with Crippen molar-refractivity contribution in [2.75, 3.05) is 13.6 Å². The molecule has 102 valence electrons. The van der Waals surface area contributed by atoms with Gasteiger partial charge in [-0.3, -0.25) is 0 Å². The molecule has 2 unspecified atom stereocenters. The molecule has 0 radical (unpaired) electrons. The summed E-state index contributed by atoms with van der Waals surface area (Å²) < 4.78 is 5.11. The van der Waals surface area contributed by atoms with Gasteiger partial charge in [-0.15, -0.1) is 0 Å². The molecule has 2 rings (SSSR count). The van der Waals surface area contributed by atoms with Crippen LogP contribution in [0.2, 0.25) is 0 Å². The number of nitrogens with zero attached hydrogens (tertiary/aromatic N) is 1. The highest BCUT2D eigenvalue weighted by atomic mass is 16.3. The molecule has 3 heteroatoms. The molecule has 2 N–H and O–H groups in total. The van der Waals surface area contributed by atoms with Crippen molar-refractivity contribution in [1.29, 1.82) is 0 Å². The van der Waals surface area contributed by atoms with Crippen LogP contribution in [-0.2, 0) is 6.54 Å². The van der Waals surface area contributed by atoms with Gasteiger partial charge in [-0.1, -0.05) is 13.8 Å². The summed E-state index contributed by atoms with van der Waals surface area (Å²) in [4.78, 5) is 2.36. The molecular weight excluding hydrogens is 224 g/mol. The maximum atomic E-state index is 6.28. The Kier molecular flexibility index (Phi) is 4.13. The second kappa shape index (κ2) is 5.45. The molecule has 0 aliphatic heterocycles. The van der Waals surface area contributed by atoms with Crippen LogP contribution in [0.25, 0.3) is 0 Å². The molecule has 2 atom stereocenters. The SMILES string of the molecule is CN(Cc1ccoc1)CC1CC(C)(C)CCC1N. The van der Waals surface area contributed by atoms with Crippen LogP contribution in [0, 0.1) is 11.3 Å². The van der Waals surface area contributed by atoms with Crippen LogP contribution in [0.4, 0.5) is 0 Å². The minimum absolute atomic E-state index is 0.366. The lowest BCUT2D eigenvalue weighted by molar-refractivity contribution is 0.122. The summed E-state index contributed by atoms with van der Waals surface area (Å²) in [5.74, 6) is 0.616. The molecule has 0 spiro atoms. The summed E-state index contributed by atoms with van der Waals surface area (Å²) in [5.41, 5.74) is 7.97. The van der Waals surface area contributed by atoms with Gasteiger partial charge in [0.05, 0.1) is 12.5 Å². The Morgan fingerprint density at radius 2 is 2.28 bits per heavy atom. The monoisotopic (exact) mass is 250 g/mol. The van der Waals surface area contributed by atoms with Crippen molar-refractivity contribution < 1.29 is 4.42 Å². The first kappa shape index (κ1) is 13.6. The second-order valence-electron chi connectivity index (χ2n) is 6.66. The first-order chi connectivity index (χ1) is 8.46. The van der Waals surface area contributed by atoms with Crippen molar-refractivity contribution in [3.8, 4) is 0 Å². The van der Waals surface area contributed by atoms with Gasteiger partial charge in [0.15, 0.2) is 0 Å². The van der Waals surface area contributed by atoms with Crippen LogP contribution in [-0.4, -0.2) is 24.5 Å². The second-order valence-corrected chi connectivity index (χ2v) is 6.66. The van der Waals surface area contributed by atoms with Crippen LogP contribution in [0.5, 0.6) is 0 Å². The van der Waals surface area contributed by atoms with E-state index in [4.69, 9.17) is 10.2 Å². The van der Waals surface area contributed by atoms with Gasteiger partial charge in [0.25, 0.3) is 0 Å². The Balaban J connectivity index is 1.87. The standard InChI is InChI=1S/C15H26N2O/c1-15(2)6-4-14(16)13(8-15)10-17(3)9-12-5-7-18-11-12/h5,7,11,13-14H,4,6,8-10,16H2,1-3H3. The third kappa shape index (κ3) is 3.59. The van der Waals surface area contributed by atoms with Crippen molar-refractivity contribution in [3.63, 3.8) is 0 Å². The Morgan fingerprint density at radius 3 is 2.94 bits per heavy atom. The van der Waals surface area contributed by atoms with Crippen LogP contribution in [0.1, 0.15) is 38.7 Å². The van der Waals surface area contributed by atoms with Gasteiger partial charge in [-0.05, 0) is 43.7 Å². The summed E-state index contributed by atoms with van der Waals surface area (Å²) in [7, 11) is 2.17. The normalized spacial score (nSPS) is 27.6. The highest BCUT2D eigenvalue weighted by Gasteiger charge is 2.33. The molecule has 0 aromatic carbocycles. The van der Waals surface area contributed by atoms with E-state index in [0.29, 0.717) is 17.4 Å². The van der Waals surface area contributed by atoms with E-state index in [0.717, 1.165) is 19.5 Å². The van der Waals surface area contributed by atoms with Crippen molar-refractivity contribution in [2.24, 2.45) is 17.1 Å². The molecule has 0 bridgehead atoms. The van der Waals surface area contributed by atoms with Crippen molar-refractivity contribution in [3.05, 3.63) is 24.2 Å². The fourth-order valence-electron chi connectivity index (χ4n) is 3.12. The lowest BCUT2D eigenvalue weighted by Crippen LogP contribution is -2.44. The number of hydrogen-bond acceptors (Lipinski definition) is 3. The summed E-state index contributed by atoms with van der Waals surface area (Å²) in [6, 6.07) is 2.39. The number of nitrogens with two attached hydrogens (primary N) is 1. The van der Waals surface area contributed by atoms with Crippen molar-refractivity contribution >= 4 is 0 Å². The molecular formula is C15H26N2O. The third-order valence-corrected chi connectivity index (χ3v) is 4.15. The number of furan rings is 1. The minimum Gasteiger partial charge on any atom is -0.472 e. The van der Waals surface area contributed by atoms with Gasteiger partial charge < -0.3 is 15.1 Å². The van der Waals surface area contributed by atoms with E-state index in [9.17, 15) is 0 Å². The zero-order chi connectivity index (χ0) is 13.2. The van der Waals surface area contributed by atoms with Gasteiger partial charge in [0, 0.05) is 24.7 Å². The zero-order valence-corrected chi connectivity index (χ0v) is 11.9. The lowest BCUT2D eigenvalue weighted by atomic mass is 9.70. The number of rotatable bonds is 4. The quantitative estimate of drug-likeness (QED) is 0.893. The molecule has 1 aliphatic rings. The predicted octanol–water partition coefficient (Wildman–Crippen LogP) is 2.87. The van der Waals surface area contributed by atoms with E-state index in [1.165, 1.54) is 18.4 Å². The van der Waals surface area contributed by atoms with E-state index in [-0.39, 0.29) is 0 Å². The summed E-state index contributed by atoms with van der Waals surface area (Å²) >= 11 is 0. The van der Waals surface area contributed by atoms with E-state index in [2.05, 4.69) is 25.8 Å². The van der Waals surface area contributed by atoms with E-state index >= 15 is 0 Å². The highest BCUT2D eigenvalue weighted by molar-refractivity contribution is 5.04. The fraction of sp³-hybridized carbons (Fsp3) is 0.733. The molecule has 1 aromatic heterocycles. The van der Waals surface area contributed by atoms with Gasteiger partial charge in [0.1, 0.15) is 0 Å². The van der Waals surface area contributed by atoms with E-state index in [1.807, 2.05) is 12.3 Å². The van der Waals surface area contributed by atoms with Crippen LogP contribution < -0.4 is 5.73 Å². The Bertz CT molecular complexity index is 359. The van der Waals surface area contributed by atoms with Crippen LogP contribution in [0.15, 0.2) is 23.0 Å². The maximum Gasteiger partial charge on any atom is 0.0947 e. The largest absolute Gasteiger partial charge is 0.472 e. The van der Waals surface area contributed by atoms with Crippen molar-refractivity contribution in [2.45, 2.75) is 45.7 Å². The fourth-order valence-corrected chi connectivity index (χ4v) is 3.12. The Labute approximate surface area is 110 Å². The zero-order valence-electron chi connectivity index (χ0n) is 11.9. The molecule has 1 heterocycles. The highest BCUT2D eigenvalue weighted by Crippen LogP contribution is 2.38. The van der Waals surface area contributed by atoms with Crippen LogP contribution in [0.3, 0.4) is 0 Å². The van der Waals surface area contributed by atoms with Crippen molar-refractivity contribution in [1.82, 2.24) is 4.90 Å². The molecule has 1 aliphatic carbocycles. The van der Waals surface area contributed by atoms with E-state index < -0.39 is 0 Å².